The number of aromatic nitrogens is 1. The van der Waals surface area contributed by atoms with Crippen molar-refractivity contribution in [3.05, 3.63) is 83.0 Å². The van der Waals surface area contributed by atoms with E-state index in [1.54, 1.807) is 17.0 Å². The molecular weight excluding hydrogens is 497 g/mol. The van der Waals surface area contributed by atoms with Gasteiger partial charge in [0.15, 0.2) is 0 Å². The number of anilines is 1. The molecule has 5 rings (SSSR count). The highest BCUT2D eigenvalue weighted by molar-refractivity contribution is 6.08. The molecule has 0 saturated carbocycles. The van der Waals surface area contributed by atoms with Crippen molar-refractivity contribution in [2.24, 2.45) is 0 Å². The van der Waals surface area contributed by atoms with E-state index in [1.165, 1.54) is 31.0 Å². The largest absolute Gasteiger partial charge is 0.453 e. The predicted molar refractivity (Wildman–Crippen MR) is 136 cm³/mol. The molecule has 0 bridgehead atoms. The Bertz CT molecular complexity index is 1340. The third kappa shape index (κ3) is 5.35. The standard InChI is InChI=1S/C28H27F3N4O3/c1-38-27(37)35-13-11-34(12-14-35)23-16-19-6-9-22(15-20(19)17-23)33-26(36)24-3-2-10-32-25(24)18-4-7-21(8-5-18)28(29,30)31/h2-10,15,23H,11-14,16-17H2,1H3,(H,33,36). The summed E-state index contributed by atoms with van der Waals surface area (Å²) in [5, 5.41) is 2.92. The highest BCUT2D eigenvalue weighted by Gasteiger charge is 2.32. The molecule has 0 spiro atoms. The molecule has 2 amide bonds. The molecule has 1 saturated heterocycles. The van der Waals surface area contributed by atoms with Crippen molar-refractivity contribution in [3.63, 3.8) is 0 Å². The van der Waals surface area contributed by atoms with Gasteiger partial charge in [-0.2, -0.15) is 13.2 Å². The van der Waals surface area contributed by atoms with Crippen LogP contribution in [0.2, 0.25) is 0 Å². The van der Waals surface area contributed by atoms with E-state index in [0.717, 1.165) is 43.6 Å². The predicted octanol–water partition coefficient (Wildman–Crippen LogP) is 4.87. The van der Waals surface area contributed by atoms with E-state index < -0.39 is 11.7 Å². The Labute approximate surface area is 218 Å². The lowest BCUT2D eigenvalue weighted by Crippen LogP contribution is -2.52. The van der Waals surface area contributed by atoms with Crippen molar-refractivity contribution in [2.75, 3.05) is 38.6 Å². The SMILES string of the molecule is COC(=O)N1CCN(C2Cc3ccc(NC(=O)c4cccnc4-c4ccc(C(F)(F)F)cc4)cc3C2)CC1. The number of hydrogen-bond donors (Lipinski definition) is 1. The Morgan fingerprint density at radius 1 is 0.974 bits per heavy atom. The first-order valence-electron chi connectivity index (χ1n) is 12.4. The van der Waals surface area contributed by atoms with Crippen molar-refractivity contribution in [1.29, 1.82) is 0 Å². The third-order valence-corrected chi connectivity index (χ3v) is 7.18. The lowest BCUT2D eigenvalue weighted by molar-refractivity contribution is -0.137. The van der Waals surface area contributed by atoms with Crippen LogP contribution in [0.3, 0.4) is 0 Å². The number of carbonyl (C=O) groups excluding carboxylic acids is 2. The number of carbonyl (C=O) groups is 2. The van der Waals surface area contributed by atoms with Gasteiger partial charge in [0, 0.05) is 49.7 Å². The van der Waals surface area contributed by atoms with Gasteiger partial charge in [-0.25, -0.2) is 4.79 Å². The summed E-state index contributed by atoms with van der Waals surface area (Å²) in [6, 6.07) is 14.0. The fourth-order valence-electron chi connectivity index (χ4n) is 5.16. The molecule has 1 aliphatic carbocycles. The fourth-order valence-corrected chi connectivity index (χ4v) is 5.16. The van der Waals surface area contributed by atoms with Crippen LogP contribution in [-0.4, -0.2) is 66.1 Å². The van der Waals surface area contributed by atoms with Crippen molar-refractivity contribution in [1.82, 2.24) is 14.8 Å². The zero-order valence-electron chi connectivity index (χ0n) is 20.8. The summed E-state index contributed by atoms with van der Waals surface area (Å²) in [6.07, 6.45) is -1.48. The van der Waals surface area contributed by atoms with Gasteiger partial charge in [-0.1, -0.05) is 18.2 Å². The molecule has 10 heteroatoms. The second-order valence-electron chi connectivity index (χ2n) is 9.47. The minimum atomic E-state index is -4.44. The molecule has 1 fully saturated rings. The second kappa shape index (κ2) is 10.4. The molecule has 2 aliphatic rings. The van der Waals surface area contributed by atoms with E-state index in [9.17, 15) is 22.8 Å². The quantitative estimate of drug-likeness (QED) is 0.527. The first-order valence-corrected chi connectivity index (χ1v) is 12.4. The van der Waals surface area contributed by atoms with Crippen LogP contribution in [0.5, 0.6) is 0 Å². The van der Waals surface area contributed by atoms with Gasteiger partial charge in [0.1, 0.15) is 0 Å². The molecule has 1 aliphatic heterocycles. The normalized spacial score (nSPS) is 17.7. The minimum Gasteiger partial charge on any atom is -0.453 e. The van der Waals surface area contributed by atoms with E-state index in [4.69, 9.17) is 4.74 Å². The van der Waals surface area contributed by atoms with Crippen LogP contribution in [0.15, 0.2) is 60.8 Å². The Balaban J connectivity index is 1.26. The molecular formula is C28H27F3N4O3. The van der Waals surface area contributed by atoms with Crippen LogP contribution in [0.1, 0.15) is 27.0 Å². The van der Waals surface area contributed by atoms with Crippen molar-refractivity contribution in [2.45, 2.75) is 25.1 Å². The summed E-state index contributed by atoms with van der Waals surface area (Å²) in [5.74, 6) is -0.388. The average molecular weight is 525 g/mol. The summed E-state index contributed by atoms with van der Waals surface area (Å²) in [7, 11) is 1.39. The summed E-state index contributed by atoms with van der Waals surface area (Å²) in [5.41, 5.74) is 3.29. The first-order chi connectivity index (χ1) is 18.2. The molecule has 38 heavy (non-hydrogen) atoms. The number of piperazine rings is 1. The van der Waals surface area contributed by atoms with Gasteiger partial charge in [-0.05, 0) is 60.4 Å². The van der Waals surface area contributed by atoms with Crippen molar-refractivity contribution < 1.29 is 27.5 Å². The summed E-state index contributed by atoms with van der Waals surface area (Å²) < 4.78 is 43.7. The van der Waals surface area contributed by atoms with E-state index in [-0.39, 0.29) is 17.6 Å². The number of amides is 2. The molecule has 198 valence electrons. The van der Waals surface area contributed by atoms with E-state index >= 15 is 0 Å². The maximum Gasteiger partial charge on any atom is 0.416 e. The molecule has 3 aromatic rings. The third-order valence-electron chi connectivity index (χ3n) is 7.18. The number of fused-ring (bicyclic) bond motifs is 1. The van der Waals surface area contributed by atoms with Crippen LogP contribution in [-0.2, 0) is 23.8 Å². The molecule has 0 radical (unpaired) electrons. The van der Waals surface area contributed by atoms with Crippen molar-refractivity contribution >= 4 is 17.7 Å². The Morgan fingerprint density at radius 2 is 1.68 bits per heavy atom. The van der Waals surface area contributed by atoms with Gasteiger partial charge in [0.2, 0.25) is 0 Å². The van der Waals surface area contributed by atoms with Gasteiger partial charge in [-0.15, -0.1) is 0 Å². The van der Waals surface area contributed by atoms with Crippen LogP contribution in [0.25, 0.3) is 11.3 Å². The van der Waals surface area contributed by atoms with E-state index in [0.29, 0.717) is 36.1 Å². The molecule has 7 nitrogen and oxygen atoms in total. The lowest BCUT2D eigenvalue weighted by atomic mass is 10.0. The van der Waals surface area contributed by atoms with E-state index in [2.05, 4.69) is 15.2 Å². The van der Waals surface area contributed by atoms with Crippen LogP contribution in [0.4, 0.5) is 23.7 Å². The second-order valence-corrected chi connectivity index (χ2v) is 9.47. The smallest absolute Gasteiger partial charge is 0.416 e. The van der Waals surface area contributed by atoms with E-state index in [1.807, 2.05) is 18.2 Å². The van der Waals surface area contributed by atoms with Crippen LogP contribution < -0.4 is 5.32 Å². The monoisotopic (exact) mass is 524 g/mol. The van der Waals surface area contributed by atoms with Gasteiger partial charge < -0.3 is 15.0 Å². The number of nitrogens with zero attached hydrogens (tertiary/aromatic N) is 3. The highest BCUT2D eigenvalue weighted by Crippen LogP contribution is 2.32. The van der Waals surface area contributed by atoms with Crippen LogP contribution >= 0.6 is 0 Å². The molecule has 1 atom stereocenters. The van der Waals surface area contributed by atoms with Gasteiger partial charge >= 0.3 is 12.3 Å². The maximum atomic E-state index is 13.2. The molecule has 1 aromatic heterocycles. The Hall–Kier alpha value is -3.92. The molecule has 2 heterocycles. The maximum absolute atomic E-state index is 13.2. The average Bonchev–Trinajstić information content (AvgIpc) is 3.36. The number of ether oxygens (including phenoxy) is 1. The first kappa shape index (κ1) is 25.7. The molecule has 1 N–H and O–H groups in total. The van der Waals surface area contributed by atoms with Crippen molar-refractivity contribution in [3.8, 4) is 11.3 Å². The number of rotatable bonds is 4. The topological polar surface area (TPSA) is 74.8 Å². The van der Waals surface area contributed by atoms with Gasteiger partial charge in [0.25, 0.3) is 5.91 Å². The lowest BCUT2D eigenvalue weighted by Gasteiger charge is -2.37. The Kier molecular flexibility index (Phi) is 7.07. The van der Waals surface area contributed by atoms with Crippen LogP contribution in [0, 0.1) is 0 Å². The number of benzene rings is 2. The molecule has 1 unspecified atom stereocenters. The molecule has 2 aromatic carbocycles. The zero-order chi connectivity index (χ0) is 26.9. The minimum absolute atomic E-state index is 0.272. The summed E-state index contributed by atoms with van der Waals surface area (Å²) in [4.78, 5) is 33.3. The number of pyridine rings is 1. The summed E-state index contributed by atoms with van der Waals surface area (Å²) >= 11 is 0. The van der Waals surface area contributed by atoms with Gasteiger partial charge in [-0.3, -0.25) is 14.7 Å². The Morgan fingerprint density at radius 3 is 2.37 bits per heavy atom. The number of halogens is 3. The highest BCUT2D eigenvalue weighted by atomic mass is 19.4. The van der Waals surface area contributed by atoms with Gasteiger partial charge in [0.05, 0.1) is 23.9 Å². The fraction of sp³-hybridized carbons (Fsp3) is 0.321. The number of methoxy groups -OCH3 is 1. The number of hydrogen-bond acceptors (Lipinski definition) is 5. The summed E-state index contributed by atoms with van der Waals surface area (Å²) in [6.45, 7) is 2.83. The number of alkyl halides is 3. The number of nitrogens with one attached hydrogen (secondary N) is 1. The zero-order valence-corrected chi connectivity index (χ0v) is 20.8.